The molecule has 0 spiro atoms. The molecule has 1 amide bonds. The van der Waals surface area contributed by atoms with Gasteiger partial charge in [-0.2, -0.15) is 0 Å². The maximum atomic E-state index is 12.7. The third-order valence-electron chi connectivity index (χ3n) is 4.65. The number of benzene rings is 3. The number of ether oxygens (including phenoxy) is 2. The summed E-state index contributed by atoms with van der Waals surface area (Å²) in [5, 5.41) is 11.8. The molecular weight excluding hydrogens is 404 g/mol. The zero-order valence-electron chi connectivity index (χ0n) is 16.4. The number of methoxy groups -OCH3 is 2. The topological polar surface area (TPSA) is 78.3 Å². The van der Waals surface area contributed by atoms with Crippen LogP contribution in [0.5, 0.6) is 11.5 Å². The maximum Gasteiger partial charge on any atom is 0.255 e. The van der Waals surface area contributed by atoms with Crippen molar-refractivity contribution in [3.8, 4) is 11.5 Å². The molecule has 3 aromatic carbocycles. The van der Waals surface area contributed by atoms with Crippen LogP contribution in [0.15, 0.2) is 60.7 Å². The van der Waals surface area contributed by atoms with Gasteiger partial charge >= 0.3 is 0 Å². The predicted molar refractivity (Wildman–Crippen MR) is 116 cm³/mol. The number of carbonyl (C=O) groups is 1. The maximum absolute atomic E-state index is 12.7. The molecule has 8 heteroatoms. The molecule has 0 fully saturated rings. The van der Waals surface area contributed by atoms with Crippen LogP contribution in [0.2, 0.25) is 5.02 Å². The van der Waals surface area contributed by atoms with Crippen molar-refractivity contribution >= 4 is 34.2 Å². The molecule has 0 saturated heterocycles. The Morgan fingerprint density at radius 3 is 2.73 bits per heavy atom. The Bertz CT molecular complexity index is 1220. The highest BCUT2D eigenvalue weighted by Crippen LogP contribution is 2.28. The number of hydrogen-bond donors (Lipinski definition) is 1. The van der Waals surface area contributed by atoms with Gasteiger partial charge in [0.1, 0.15) is 17.0 Å². The van der Waals surface area contributed by atoms with Gasteiger partial charge < -0.3 is 14.8 Å². The predicted octanol–water partition coefficient (Wildman–Crippen LogP) is 4.40. The van der Waals surface area contributed by atoms with E-state index in [9.17, 15) is 4.79 Å². The largest absolute Gasteiger partial charge is 0.497 e. The number of carbonyl (C=O) groups excluding carboxylic acids is 1. The summed E-state index contributed by atoms with van der Waals surface area (Å²) in [6.07, 6.45) is 0. The number of hydrogen-bond acceptors (Lipinski definition) is 5. The second kappa shape index (κ2) is 8.42. The Morgan fingerprint density at radius 1 is 1.07 bits per heavy atom. The molecule has 4 aromatic rings. The number of fused-ring (bicyclic) bond motifs is 1. The fourth-order valence-corrected chi connectivity index (χ4v) is 3.32. The van der Waals surface area contributed by atoms with Gasteiger partial charge in [0.2, 0.25) is 0 Å². The van der Waals surface area contributed by atoms with Crippen molar-refractivity contribution in [1.29, 1.82) is 0 Å². The summed E-state index contributed by atoms with van der Waals surface area (Å²) in [6.45, 7) is 0.541. The van der Waals surface area contributed by atoms with E-state index in [0.29, 0.717) is 34.1 Å². The minimum Gasteiger partial charge on any atom is -0.497 e. The van der Waals surface area contributed by atoms with Crippen LogP contribution in [0.25, 0.3) is 11.0 Å². The van der Waals surface area contributed by atoms with Crippen LogP contribution in [0.1, 0.15) is 15.9 Å². The van der Waals surface area contributed by atoms with Crippen LogP contribution >= 0.6 is 11.6 Å². The van der Waals surface area contributed by atoms with Crippen LogP contribution in [0.4, 0.5) is 5.69 Å². The van der Waals surface area contributed by atoms with Crippen molar-refractivity contribution in [2.45, 2.75) is 6.54 Å². The normalized spacial score (nSPS) is 10.8. The van der Waals surface area contributed by atoms with Crippen molar-refractivity contribution < 1.29 is 14.3 Å². The zero-order chi connectivity index (χ0) is 21.1. The Kier molecular flexibility index (Phi) is 5.54. The van der Waals surface area contributed by atoms with E-state index >= 15 is 0 Å². The van der Waals surface area contributed by atoms with Crippen molar-refractivity contribution in [3.05, 3.63) is 76.8 Å². The van der Waals surface area contributed by atoms with E-state index in [1.165, 1.54) is 7.11 Å². The van der Waals surface area contributed by atoms with Crippen molar-refractivity contribution in [1.82, 2.24) is 15.0 Å². The average Bonchev–Trinajstić information content (AvgIpc) is 3.16. The molecule has 0 atom stereocenters. The summed E-state index contributed by atoms with van der Waals surface area (Å²) >= 11 is 6.03. The molecule has 0 bridgehead atoms. The first-order valence-electron chi connectivity index (χ1n) is 9.18. The minimum atomic E-state index is -0.292. The van der Waals surface area contributed by atoms with Crippen LogP contribution in [0.3, 0.4) is 0 Å². The summed E-state index contributed by atoms with van der Waals surface area (Å²) in [7, 11) is 3.17. The van der Waals surface area contributed by atoms with Gasteiger partial charge in [0.05, 0.1) is 32.0 Å². The van der Waals surface area contributed by atoms with E-state index < -0.39 is 0 Å². The Hall–Kier alpha value is -3.58. The lowest BCUT2D eigenvalue weighted by Crippen LogP contribution is -2.12. The SMILES string of the molecule is COc1cccc(Cn2nnc3cc(C(=O)Nc4cc(Cl)ccc4OC)ccc32)c1. The Morgan fingerprint density at radius 2 is 1.93 bits per heavy atom. The van der Waals surface area contributed by atoms with Gasteiger partial charge in [0, 0.05) is 10.6 Å². The van der Waals surface area contributed by atoms with E-state index in [1.54, 1.807) is 42.1 Å². The molecule has 1 heterocycles. The van der Waals surface area contributed by atoms with Crippen LogP contribution in [-0.4, -0.2) is 35.1 Å². The molecule has 0 aliphatic carbocycles. The van der Waals surface area contributed by atoms with Gasteiger partial charge in [0.25, 0.3) is 5.91 Å². The quantitative estimate of drug-likeness (QED) is 0.498. The van der Waals surface area contributed by atoms with E-state index in [-0.39, 0.29) is 5.91 Å². The monoisotopic (exact) mass is 422 g/mol. The Labute approximate surface area is 178 Å². The van der Waals surface area contributed by atoms with Gasteiger partial charge in [-0.15, -0.1) is 5.10 Å². The highest BCUT2D eigenvalue weighted by atomic mass is 35.5. The van der Waals surface area contributed by atoms with Gasteiger partial charge in [-0.3, -0.25) is 4.79 Å². The number of amides is 1. The van der Waals surface area contributed by atoms with Gasteiger partial charge in [-0.25, -0.2) is 4.68 Å². The third kappa shape index (κ3) is 4.06. The summed E-state index contributed by atoms with van der Waals surface area (Å²) in [5.74, 6) is 1.02. The first-order chi connectivity index (χ1) is 14.6. The molecule has 4 rings (SSSR count). The number of anilines is 1. The molecule has 0 aliphatic rings. The third-order valence-corrected chi connectivity index (χ3v) is 4.89. The molecule has 0 aliphatic heterocycles. The molecular formula is C22H19ClN4O3. The molecule has 152 valence electrons. The van der Waals surface area contributed by atoms with Gasteiger partial charge in [-0.1, -0.05) is 28.9 Å². The highest BCUT2D eigenvalue weighted by Gasteiger charge is 2.13. The van der Waals surface area contributed by atoms with E-state index in [0.717, 1.165) is 16.8 Å². The molecule has 7 nitrogen and oxygen atoms in total. The highest BCUT2D eigenvalue weighted by molar-refractivity contribution is 6.31. The first kappa shape index (κ1) is 19.7. The number of aromatic nitrogens is 3. The molecule has 0 saturated carbocycles. The summed E-state index contributed by atoms with van der Waals surface area (Å²) in [6, 6.07) is 18.1. The second-order valence-electron chi connectivity index (χ2n) is 6.60. The lowest BCUT2D eigenvalue weighted by atomic mass is 10.1. The molecule has 0 unspecified atom stereocenters. The first-order valence-corrected chi connectivity index (χ1v) is 9.56. The molecule has 1 aromatic heterocycles. The van der Waals surface area contributed by atoms with E-state index in [4.69, 9.17) is 21.1 Å². The van der Waals surface area contributed by atoms with Crippen molar-refractivity contribution in [2.24, 2.45) is 0 Å². The molecule has 1 N–H and O–H groups in total. The number of halogens is 1. The fraction of sp³-hybridized carbons (Fsp3) is 0.136. The number of rotatable bonds is 6. The fourth-order valence-electron chi connectivity index (χ4n) is 3.15. The van der Waals surface area contributed by atoms with Crippen molar-refractivity contribution in [2.75, 3.05) is 19.5 Å². The molecule has 30 heavy (non-hydrogen) atoms. The van der Waals surface area contributed by atoms with E-state index in [2.05, 4.69) is 15.6 Å². The number of nitrogens with one attached hydrogen (secondary N) is 1. The second-order valence-corrected chi connectivity index (χ2v) is 7.04. The standard InChI is InChI=1S/C22H19ClN4O3/c1-29-17-5-3-4-14(10-17)13-27-20-8-6-15(11-18(20)25-26-27)22(28)24-19-12-16(23)7-9-21(19)30-2/h3-12H,13H2,1-2H3,(H,24,28). The number of nitrogens with zero attached hydrogens (tertiary/aromatic N) is 3. The average molecular weight is 423 g/mol. The lowest BCUT2D eigenvalue weighted by Gasteiger charge is -2.10. The smallest absolute Gasteiger partial charge is 0.255 e. The minimum absolute atomic E-state index is 0.292. The molecule has 0 radical (unpaired) electrons. The summed E-state index contributed by atoms with van der Waals surface area (Å²) in [4.78, 5) is 12.7. The lowest BCUT2D eigenvalue weighted by molar-refractivity contribution is 0.102. The van der Waals surface area contributed by atoms with Crippen molar-refractivity contribution in [3.63, 3.8) is 0 Å². The van der Waals surface area contributed by atoms with Crippen LogP contribution < -0.4 is 14.8 Å². The van der Waals surface area contributed by atoms with E-state index in [1.807, 2.05) is 30.3 Å². The summed E-state index contributed by atoms with van der Waals surface area (Å²) < 4.78 is 12.3. The summed E-state index contributed by atoms with van der Waals surface area (Å²) in [5.41, 5.74) is 3.45. The van der Waals surface area contributed by atoms with Crippen LogP contribution in [-0.2, 0) is 6.54 Å². The zero-order valence-corrected chi connectivity index (χ0v) is 17.2. The van der Waals surface area contributed by atoms with Gasteiger partial charge in [0.15, 0.2) is 0 Å². The van der Waals surface area contributed by atoms with Gasteiger partial charge in [-0.05, 0) is 54.1 Å². The van der Waals surface area contributed by atoms with Crippen LogP contribution in [0, 0.1) is 0 Å². The Balaban J connectivity index is 1.57.